The van der Waals surface area contributed by atoms with Crippen molar-refractivity contribution in [3.8, 4) is 0 Å². The second-order valence-electron chi connectivity index (χ2n) is 12.6. The van der Waals surface area contributed by atoms with E-state index in [0.29, 0.717) is 19.5 Å². The van der Waals surface area contributed by atoms with Crippen LogP contribution in [0.15, 0.2) is 48.3 Å². The van der Waals surface area contributed by atoms with Crippen LogP contribution in [0.1, 0.15) is 45.1 Å². The highest BCUT2D eigenvalue weighted by Gasteiger charge is 2.79. The Morgan fingerprint density at radius 3 is 2.79 bits per heavy atom. The van der Waals surface area contributed by atoms with Crippen molar-refractivity contribution in [1.82, 2.24) is 10.0 Å². The Bertz CT molecular complexity index is 1240. The molecule has 210 valence electrons. The quantitative estimate of drug-likeness (QED) is 0.570. The number of halogens is 2. The Morgan fingerprint density at radius 2 is 2.08 bits per heavy atom. The number of allylic oxidation sites excluding steroid dienone is 4. The van der Waals surface area contributed by atoms with Crippen LogP contribution in [0.5, 0.6) is 0 Å². The number of carbonyl (C=O) groups is 2. The predicted molar refractivity (Wildman–Crippen MR) is 138 cm³/mol. The minimum atomic E-state index is -2.21. The van der Waals surface area contributed by atoms with Crippen molar-refractivity contribution in [2.75, 3.05) is 19.7 Å². The zero-order valence-electron chi connectivity index (χ0n) is 22.4. The minimum Gasteiger partial charge on any atom is -0.390 e. The Morgan fingerprint density at radius 1 is 1.28 bits per heavy atom. The van der Waals surface area contributed by atoms with Gasteiger partial charge in [-0.05, 0) is 74.3 Å². The van der Waals surface area contributed by atoms with E-state index in [-0.39, 0.29) is 30.1 Å². The lowest BCUT2D eigenvalue weighted by atomic mass is 9.44. The normalized spacial score (nSPS) is 44.8. The molecule has 0 bridgehead atoms. The van der Waals surface area contributed by atoms with Gasteiger partial charge in [0.2, 0.25) is 0 Å². The first kappa shape index (κ1) is 26.9. The van der Waals surface area contributed by atoms with Crippen LogP contribution in [0.25, 0.3) is 0 Å². The largest absolute Gasteiger partial charge is 0.390 e. The van der Waals surface area contributed by atoms with Crippen LogP contribution in [-0.4, -0.2) is 75.1 Å². The number of rotatable bonds is 6. The third-order valence-electron chi connectivity index (χ3n) is 10.8. The molecule has 1 aliphatic heterocycles. The first-order chi connectivity index (χ1) is 18.5. The molecule has 0 aromatic carbocycles. The maximum absolute atomic E-state index is 17.4. The summed E-state index contributed by atoms with van der Waals surface area (Å²) in [5.74, 6) is -2.54. The van der Waals surface area contributed by atoms with E-state index in [0.717, 1.165) is 18.4 Å². The van der Waals surface area contributed by atoms with Crippen molar-refractivity contribution in [3.63, 3.8) is 0 Å². The molecule has 4 fully saturated rings. The van der Waals surface area contributed by atoms with Crippen molar-refractivity contribution in [2.24, 2.45) is 28.6 Å². The number of carbonyl (C=O) groups excluding carboxylic acids is 2. The molecule has 5 aliphatic rings. The van der Waals surface area contributed by atoms with Crippen molar-refractivity contribution in [1.29, 1.82) is 0 Å². The lowest BCUT2D eigenvalue weighted by molar-refractivity contribution is -0.267. The number of aryl methyl sites for hydroxylation is 1. The lowest BCUT2D eigenvalue weighted by Gasteiger charge is -2.63. The third-order valence-corrected chi connectivity index (χ3v) is 10.8. The van der Waals surface area contributed by atoms with Crippen molar-refractivity contribution >= 4 is 11.6 Å². The van der Waals surface area contributed by atoms with Crippen molar-refractivity contribution < 1.29 is 33.4 Å². The van der Waals surface area contributed by atoms with E-state index >= 15 is 8.78 Å². The molecule has 2 heterocycles. The van der Waals surface area contributed by atoms with Gasteiger partial charge in [-0.25, -0.2) is 8.78 Å². The molecule has 1 aromatic heterocycles. The number of nitrogens with zero attached hydrogens (tertiary/aromatic N) is 2. The first-order valence-corrected chi connectivity index (χ1v) is 13.9. The van der Waals surface area contributed by atoms with E-state index in [1.807, 2.05) is 25.3 Å². The number of pyridine rings is 1. The standard InChI is InChI=1S/C30H36F2N2O5/c1-27-8-7-20(36)12-23(27)24(31)13-22-21-11-19-16-34(10-4-6-18-5-3-9-33-15-18)39-30(19,26(38)17-35)28(21,2)14-25(37)29(22,27)32/h3,5,7-9,12,15,19,21-22,24-25,35,37H,4,6,10-11,13-14,16-17H2,1-2H3/t19-,21-,22-,24-,25-,27-,28-,29-,30-/m0/s1. The fourth-order valence-corrected chi connectivity index (χ4v) is 9.08. The van der Waals surface area contributed by atoms with Gasteiger partial charge >= 0.3 is 0 Å². The summed E-state index contributed by atoms with van der Waals surface area (Å²) < 4.78 is 33.1. The summed E-state index contributed by atoms with van der Waals surface area (Å²) in [4.78, 5) is 36.2. The van der Waals surface area contributed by atoms with Crippen LogP contribution in [-0.2, 0) is 20.8 Å². The van der Waals surface area contributed by atoms with Crippen LogP contribution in [0.2, 0.25) is 0 Å². The van der Waals surface area contributed by atoms with Gasteiger partial charge in [-0.2, -0.15) is 5.06 Å². The summed E-state index contributed by atoms with van der Waals surface area (Å²) in [5, 5.41) is 23.4. The molecular weight excluding hydrogens is 506 g/mol. The number of fused-ring (bicyclic) bond motifs is 7. The van der Waals surface area contributed by atoms with Gasteiger partial charge in [0, 0.05) is 48.1 Å². The highest BCUT2D eigenvalue weighted by atomic mass is 19.1. The molecule has 0 radical (unpaired) electrons. The smallest absolute Gasteiger partial charge is 0.192 e. The second-order valence-corrected chi connectivity index (χ2v) is 12.6. The SMILES string of the molecule is C[C@]12C=CC(=O)C=C1[C@@H](F)C[C@H]1[C@@H]3C[C@H]4CN(CCCc5cccnc5)O[C@@]4(C(=O)CO)[C@@]3(C)C[C@H](O)[C@@]12F. The molecule has 4 aliphatic carbocycles. The van der Waals surface area contributed by atoms with Gasteiger partial charge in [0.15, 0.2) is 22.8 Å². The van der Waals surface area contributed by atoms with E-state index in [1.54, 1.807) is 18.2 Å². The Labute approximate surface area is 226 Å². The molecule has 39 heavy (non-hydrogen) atoms. The topological polar surface area (TPSA) is 100.0 Å². The van der Waals surface area contributed by atoms with E-state index in [4.69, 9.17) is 4.84 Å². The number of Topliss-reactive ketones (excluding diaryl/α,β-unsaturated/α-hetero) is 1. The number of ketones is 2. The summed E-state index contributed by atoms with van der Waals surface area (Å²) in [6.07, 6.45) is 6.05. The van der Waals surface area contributed by atoms with Crippen LogP contribution in [0.4, 0.5) is 8.78 Å². The van der Waals surface area contributed by atoms with Gasteiger partial charge in [0.1, 0.15) is 12.8 Å². The van der Waals surface area contributed by atoms with Crippen molar-refractivity contribution in [3.05, 3.63) is 53.9 Å². The number of aliphatic hydroxyl groups is 2. The van der Waals surface area contributed by atoms with Gasteiger partial charge in [-0.3, -0.25) is 19.4 Å². The van der Waals surface area contributed by atoms with Crippen LogP contribution < -0.4 is 0 Å². The van der Waals surface area contributed by atoms with Gasteiger partial charge in [-0.1, -0.05) is 19.1 Å². The summed E-state index contributed by atoms with van der Waals surface area (Å²) in [7, 11) is 0. The van der Waals surface area contributed by atoms with Gasteiger partial charge in [0.25, 0.3) is 0 Å². The van der Waals surface area contributed by atoms with Crippen LogP contribution in [0, 0.1) is 28.6 Å². The monoisotopic (exact) mass is 542 g/mol. The van der Waals surface area contributed by atoms with E-state index in [1.165, 1.54) is 18.2 Å². The molecule has 0 amide bonds. The zero-order chi connectivity index (χ0) is 27.8. The molecule has 0 spiro atoms. The Kier molecular flexibility index (Phi) is 6.26. The number of aliphatic hydroxyl groups excluding tert-OH is 2. The molecule has 0 unspecified atom stereocenters. The fourth-order valence-electron chi connectivity index (χ4n) is 9.08. The number of hydrogen-bond acceptors (Lipinski definition) is 7. The molecule has 6 rings (SSSR count). The molecule has 9 heteroatoms. The lowest BCUT2D eigenvalue weighted by Crippen LogP contribution is -2.70. The summed E-state index contributed by atoms with van der Waals surface area (Å²) in [6.45, 7) is 3.67. The van der Waals surface area contributed by atoms with E-state index in [9.17, 15) is 19.8 Å². The maximum atomic E-state index is 17.4. The summed E-state index contributed by atoms with van der Waals surface area (Å²) in [6, 6.07) is 3.89. The van der Waals surface area contributed by atoms with Crippen LogP contribution in [0.3, 0.4) is 0 Å². The number of aromatic nitrogens is 1. The molecule has 3 saturated carbocycles. The summed E-state index contributed by atoms with van der Waals surface area (Å²) in [5.41, 5.74) is -4.96. The third kappa shape index (κ3) is 3.49. The molecule has 2 N–H and O–H groups in total. The number of alkyl halides is 2. The van der Waals surface area contributed by atoms with Gasteiger partial charge in [0.05, 0.1) is 6.10 Å². The van der Waals surface area contributed by atoms with E-state index < -0.39 is 58.6 Å². The maximum Gasteiger partial charge on any atom is 0.192 e. The molecule has 7 nitrogen and oxygen atoms in total. The number of hydrogen-bond donors (Lipinski definition) is 2. The highest BCUT2D eigenvalue weighted by molar-refractivity contribution is 6.01. The Hall–Kier alpha value is -2.33. The molecule has 1 saturated heterocycles. The average molecular weight is 543 g/mol. The van der Waals surface area contributed by atoms with Crippen LogP contribution >= 0.6 is 0 Å². The molecular formula is C30H36F2N2O5. The second kappa shape index (κ2) is 9.09. The first-order valence-electron chi connectivity index (χ1n) is 13.9. The van der Waals surface area contributed by atoms with E-state index in [2.05, 4.69) is 4.98 Å². The zero-order valence-corrected chi connectivity index (χ0v) is 22.4. The fraction of sp³-hybridized carbons (Fsp3) is 0.633. The predicted octanol–water partition coefficient (Wildman–Crippen LogP) is 3.11. The Balaban J connectivity index is 1.32. The summed E-state index contributed by atoms with van der Waals surface area (Å²) >= 11 is 0. The average Bonchev–Trinajstić information content (AvgIpc) is 3.39. The minimum absolute atomic E-state index is 0.0714. The van der Waals surface area contributed by atoms with Gasteiger partial charge in [-0.15, -0.1) is 0 Å². The number of hydroxylamine groups is 2. The highest BCUT2D eigenvalue weighted by Crippen LogP contribution is 2.72. The van der Waals surface area contributed by atoms with Gasteiger partial charge < -0.3 is 10.2 Å². The molecule has 9 atom stereocenters. The molecule has 1 aromatic rings. The van der Waals surface area contributed by atoms with Crippen molar-refractivity contribution in [2.45, 2.75) is 69.5 Å².